The van der Waals surface area contributed by atoms with Crippen LogP contribution in [-0.4, -0.2) is 18.1 Å². The highest BCUT2D eigenvalue weighted by Crippen LogP contribution is 2.06. The summed E-state index contributed by atoms with van der Waals surface area (Å²) >= 11 is 1.69. The molecule has 0 fully saturated rings. The van der Waals surface area contributed by atoms with Crippen molar-refractivity contribution in [3.8, 4) is 0 Å². The number of nitrogens with two attached hydrogens (primary N) is 1. The topological polar surface area (TPSA) is 50.9 Å². The van der Waals surface area contributed by atoms with Gasteiger partial charge in [-0.3, -0.25) is 4.98 Å². The Morgan fingerprint density at radius 3 is 3.07 bits per heavy atom. The fourth-order valence-electron chi connectivity index (χ4n) is 1.44. The van der Waals surface area contributed by atoms with Crippen LogP contribution in [0.5, 0.6) is 0 Å². The highest BCUT2D eigenvalue weighted by atomic mass is 32.1. The molecule has 1 unspecified atom stereocenters. The summed E-state index contributed by atoms with van der Waals surface area (Å²) in [6.45, 7) is 4.92. The molecule has 0 saturated heterocycles. The van der Waals surface area contributed by atoms with Crippen molar-refractivity contribution in [1.29, 1.82) is 0 Å². The lowest BCUT2D eigenvalue weighted by atomic mass is 10.0. The smallest absolute Gasteiger partial charge is 0.0794 e. The summed E-state index contributed by atoms with van der Waals surface area (Å²) < 4.78 is 0. The summed E-state index contributed by atoms with van der Waals surface area (Å²) in [5.74, 6) is 0.618. The number of nitrogens with zero attached hydrogens (tertiary/aromatic N) is 1. The summed E-state index contributed by atoms with van der Waals surface area (Å²) in [7, 11) is 0. The maximum absolute atomic E-state index is 5.67. The number of thiazole rings is 1. The summed E-state index contributed by atoms with van der Waals surface area (Å²) in [4.78, 5) is 5.32. The van der Waals surface area contributed by atoms with Crippen LogP contribution < -0.4 is 11.1 Å². The molecule has 3 nitrogen and oxygen atoms in total. The molecule has 0 aliphatic heterocycles. The first-order valence-corrected chi connectivity index (χ1v) is 6.03. The molecule has 1 heterocycles. The zero-order valence-electron chi connectivity index (χ0n) is 8.70. The van der Waals surface area contributed by atoms with Gasteiger partial charge in [0.05, 0.1) is 5.51 Å². The van der Waals surface area contributed by atoms with Gasteiger partial charge in [0.2, 0.25) is 0 Å². The predicted octanol–water partition coefficient (Wildman–Crippen LogP) is 1.61. The lowest BCUT2D eigenvalue weighted by Gasteiger charge is -2.13. The summed E-state index contributed by atoms with van der Waals surface area (Å²) in [6.07, 6.45) is 4.34. The van der Waals surface area contributed by atoms with Crippen molar-refractivity contribution in [2.24, 2.45) is 11.7 Å². The maximum Gasteiger partial charge on any atom is 0.0794 e. The molecule has 0 radical (unpaired) electrons. The van der Waals surface area contributed by atoms with Gasteiger partial charge in [0, 0.05) is 17.6 Å². The van der Waals surface area contributed by atoms with Gasteiger partial charge in [-0.1, -0.05) is 13.3 Å². The molecule has 1 rings (SSSR count). The molecule has 4 heteroatoms. The minimum atomic E-state index is 0.618. The highest BCUT2D eigenvalue weighted by molar-refractivity contribution is 7.09. The van der Waals surface area contributed by atoms with E-state index in [-0.39, 0.29) is 0 Å². The van der Waals surface area contributed by atoms with Crippen LogP contribution in [0.4, 0.5) is 0 Å². The lowest BCUT2D eigenvalue weighted by Crippen LogP contribution is -2.27. The molecule has 1 aromatic heterocycles. The van der Waals surface area contributed by atoms with E-state index in [1.165, 1.54) is 17.7 Å². The predicted molar refractivity (Wildman–Crippen MR) is 61.3 cm³/mol. The first kappa shape index (κ1) is 11.6. The molecule has 0 aliphatic carbocycles. The van der Waals surface area contributed by atoms with E-state index in [2.05, 4.69) is 17.2 Å². The maximum atomic E-state index is 5.67. The second kappa shape index (κ2) is 6.92. The molecule has 80 valence electrons. The molecule has 3 N–H and O–H groups in total. The van der Waals surface area contributed by atoms with Crippen LogP contribution in [-0.2, 0) is 6.54 Å². The quantitative estimate of drug-likeness (QED) is 0.723. The van der Waals surface area contributed by atoms with Gasteiger partial charge >= 0.3 is 0 Å². The van der Waals surface area contributed by atoms with E-state index in [4.69, 9.17) is 5.73 Å². The van der Waals surface area contributed by atoms with Crippen LogP contribution in [0.1, 0.15) is 24.6 Å². The van der Waals surface area contributed by atoms with Gasteiger partial charge in [-0.2, -0.15) is 0 Å². The number of nitrogens with one attached hydrogen (secondary N) is 1. The molecule has 14 heavy (non-hydrogen) atoms. The van der Waals surface area contributed by atoms with Gasteiger partial charge in [0.15, 0.2) is 0 Å². The fraction of sp³-hybridized carbons (Fsp3) is 0.700. The van der Waals surface area contributed by atoms with Gasteiger partial charge in [-0.15, -0.1) is 11.3 Å². The minimum absolute atomic E-state index is 0.618. The molecule has 0 bridgehead atoms. The minimum Gasteiger partial charge on any atom is -0.330 e. The SMILES string of the molecule is CCCC(CN)CNCc1cncs1. The third-order valence-electron chi connectivity index (χ3n) is 2.25. The number of aromatic nitrogens is 1. The normalized spacial score (nSPS) is 13.0. The molecule has 1 aromatic rings. The van der Waals surface area contributed by atoms with E-state index in [0.29, 0.717) is 5.92 Å². The third-order valence-corrected chi connectivity index (χ3v) is 3.03. The Morgan fingerprint density at radius 1 is 1.64 bits per heavy atom. The average Bonchev–Trinajstić information content (AvgIpc) is 2.69. The Bertz CT molecular complexity index is 223. The zero-order valence-corrected chi connectivity index (χ0v) is 9.52. The van der Waals surface area contributed by atoms with Crippen molar-refractivity contribution in [1.82, 2.24) is 10.3 Å². The Morgan fingerprint density at radius 2 is 2.50 bits per heavy atom. The number of hydrogen-bond acceptors (Lipinski definition) is 4. The van der Waals surface area contributed by atoms with Crippen molar-refractivity contribution < 1.29 is 0 Å². The second-order valence-electron chi connectivity index (χ2n) is 3.49. The van der Waals surface area contributed by atoms with Crippen molar-refractivity contribution >= 4 is 11.3 Å². The van der Waals surface area contributed by atoms with E-state index in [1.54, 1.807) is 11.3 Å². The molecule has 0 aromatic carbocycles. The average molecular weight is 213 g/mol. The van der Waals surface area contributed by atoms with Gasteiger partial charge < -0.3 is 11.1 Å². The second-order valence-corrected chi connectivity index (χ2v) is 4.46. The molecule has 0 aliphatic rings. The molecule has 1 atom stereocenters. The lowest BCUT2D eigenvalue weighted by molar-refractivity contribution is 0.450. The van der Waals surface area contributed by atoms with E-state index in [1.807, 2.05) is 11.7 Å². The first-order chi connectivity index (χ1) is 6.86. The summed E-state index contributed by atoms with van der Waals surface area (Å²) in [5.41, 5.74) is 7.53. The summed E-state index contributed by atoms with van der Waals surface area (Å²) in [6, 6.07) is 0. The van der Waals surface area contributed by atoms with Gasteiger partial charge in [0.1, 0.15) is 0 Å². The largest absolute Gasteiger partial charge is 0.330 e. The van der Waals surface area contributed by atoms with E-state index in [0.717, 1.165) is 19.6 Å². The Hall–Kier alpha value is -0.450. The molecule has 0 amide bonds. The number of rotatable bonds is 7. The molecule has 0 spiro atoms. The van der Waals surface area contributed by atoms with Crippen LogP contribution in [0.25, 0.3) is 0 Å². The molecule has 0 saturated carbocycles. The van der Waals surface area contributed by atoms with E-state index < -0.39 is 0 Å². The molecular weight excluding hydrogens is 194 g/mol. The van der Waals surface area contributed by atoms with Crippen LogP contribution in [0, 0.1) is 5.92 Å². The van der Waals surface area contributed by atoms with Gasteiger partial charge in [-0.05, 0) is 25.4 Å². The van der Waals surface area contributed by atoms with Crippen molar-refractivity contribution in [3.05, 3.63) is 16.6 Å². The number of hydrogen-bond donors (Lipinski definition) is 2. The van der Waals surface area contributed by atoms with Gasteiger partial charge in [-0.25, -0.2) is 0 Å². The van der Waals surface area contributed by atoms with Crippen molar-refractivity contribution in [2.75, 3.05) is 13.1 Å². The van der Waals surface area contributed by atoms with Crippen LogP contribution >= 0.6 is 11.3 Å². The zero-order chi connectivity index (χ0) is 10.2. The van der Waals surface area contributed by atoms with Crippen LogP contribution in [0.15, 0.2) is 11.7 Å². The van der Waals surface area contributed by atoms with Gasteiger partial charge in [0.25, 0.3) is 0 Å². The Labute approximate surface area is 89.7 Å². The van der Waals surface area contributed by atoms with E-state index >= 15 is 0 Å². The third kappa shape index (κ3) is 4.17. The van der Waals surface area contributed by atoms with Crippen LogP contribution in [0.2, 0.25) is 0 Å². The fourth-order valence-corrected chi connectivity index (χ4v) is 2.00. The van der Waals surface area contributed by atoms with E-state index in [9.17, 15) is 0 Å². The van der Waals surface area contributed by atoms with Crippen LogP contribution in [0.3, 0.4) is 0 Å². The van der Waals surface area contributed by atoms with Crippen molar-refractivity contribution in [2.45, 2.75) is 26.3 Å². The monoisotopic (exact) mass is 213 g/mol. The van der Waals surface area contributed by atoms with Crippen molar-refractivity contribution in [3.63, 3.8) is 0 Å². The first-order valence-electron chi connectivity index (χ1n) is 5.15. The Kier molecular flexibility index (Phi) is 5.75. The summed E-state index contributed by atoms with van der Waals surface area (Å²) in [5, 5.41) is 3.41. The Balaban J connectivity index is 2.13. The molecular formula is C10H19N3S. The standard InChI is InChI=1S/C10H19N3S/c1-2-3-9(4-11)5-12-6-10-7-13-8-14-10/h7-9,12H,2-6,11H2,1H3. The highest BCUT2D eigenvalue weighted by Gasteiger charge is 2.04.